The molecule has 2 nitrogen and oxygen atoms in total. The van der Waals surface area contributed by atoms with Gasteiger partial charge in [0.05, 0.1) is 5.54 Å². The van der Waals surface area contributed by atoms with Crippen molar-refractivity contribution < 1.29 is 4.89 Å². The van der Waals surface area contributed by atoms with Gasteiger partial charge in [0.25, 0.3) is 0 Å². The van der Waals surface area contributed by atoms with Gasteiger partial charge in [0.15, 0.2) is 5.30 Å². The summed E-state index contributed by atoms with van der Waals surface area (Å²) >= 11 is 0. The van der Waals surface area contributed by atoms with Gasteiger partial charge in [-0.1, -0.05) is 18.2 Å². The SMILES string of the molecule is CC(C)(C)N=[P+]([O-])c1ccccc1. The van der Waals surface area contributed by atoms with Crippen LogP contribution in [0, 0.1) is 0 Å². The molecule has 0 spiro atoms. The Hall–Kier alpha value is -0.720. The maximum atomic E-state index is 11.6. The molecule has 13 heavy (non-hydrogen) atoms. The molecule has 1 aromatic carbocycles. The highest BCUT2D eigenvalue weighted by atomic mass is 31.1. The Morgan fingerprint density at radius 1 is 1.15 bits per heavy atom. The molecule has 0 heterocycles. The van der Waals surface area contributed by atoms with Gasteiger partial charge in [0.2, 0.25) is 7.94 Å². The first kappa shape index (κ1) is 10.4. The largest absolute Gasteiger partial charge is 0.607 e. The van der Waals surface area contributed by atoms with Gasteiger partial charge in [-0.25, -0.2) is 0 Å². The molecule has 1 rings (SSSR count). The predicted octanol–water partition coefficient (Wildman–Crippen LogP) is 2.05. The minimum Gasteiger partial charge on any atom is -0.607 e. The quantitative estimate of drug-likeness (QED) is 0.631. The Morgan fingerprint density at radius 2 is 1.69 bits per heavy atom. The van der Waals surface area contributed by atoms with E-state index in [0.29, 0.717) is 0 Å². The van der Waals surface area contributed by atoms with E-state index in [1.165, 1.54) is 0 Å². The molecule has 0 aromatic heterocycles. The standard InChI is InChI=1S/C10H14NOP/c1-10(2,3)11-13(12)9-7-5-4-6-8-9/h4-8H,1-3H3. The maximum absolute atomic E-state index is 11.6. The highest BCUT2D eigenvalue weighted by Gasteiger charge is 2.14. The third kappa shape index (κ3) is 3.67. The van der Waals surface area contributed by atoms with Crippen molar-refractivity contribution in [2.24, 2.45) is 4.74 Å². The summed E-state index contributed by atoms with van der Waals surface area (Å²) < 4.78 is 4.19. The first-order valence-corrected chi connectivity index (χ1v) is 5.45. The van der Waals surface area contributed by atoms with Crippen molar-refractivity contribution in [2.45, 2.75) is 26.3 Å². The molecule has 0 aliphatic rings. The first-order chi connectivity index (χ1) is 5.99. The molecule has 0 fully saturated rings. The topological polar surface area (TPSA) is 35.4 Å². The lowest BCUT2D eigenvalue weighted by Crippen LogP contribution is -2.12. The van der Waals surface area contributed by atoms with Crippen molar-refractivity contribution in [3.8, 4) is 0 Å². The Labute approximate surface area is 80.2 Å². The van der Waals surface area contributed by atoms with Gasteiger partial charge in [-0.05, 0) is 32.9 Å². The zero-order chi connectivity index (χ0) is 9.90. The molecule has 0 aliphatic heterocycles. The summed E-state index contributed by atoms with van der Waals surface area (Å²) in [6.07, 6.45) is 0. The van der Waals surface area contributed by atoms with Gasteiger partial charge in [0, 0.05) is 0 Å². The normalized spacial score (nSPS) is 13.1. The van der Waals surface area contributed by atoms with E-state index < -0.39 is 7.94 Å². The van der Waals surface area contributed by atoms with Gasteiger partial charge < -0.3 is 4.89 Å². The van der Waals surface area contributed by atoms with Gasteiger partial charge in [-0.3, -0.25) is 0 Å². The molecule has 3 heteroatoms. The predicted molar refractivity (Wildman–Crippen MR) is 55.2 cm³/mol. The lowest BCUT2D eigenvalue weighted by molar-refractivity contribution is -0.152. The van der Waals surface area contributed by atoms with Crippen LogP contribution < -0.4 is 10.2 Å². The summed E-state index contributed by atoms with van der Waals surface area (Å²) in [5.74, 6) is 0. The maximum Gasteiger partial charge on any atom is 0.203 e. The highest BCUT2D eigenvalue weighted by molar-refractivity contribution is 7.48. The van der Waals surface area contributed by atoms with Crippen LogP contribution in [-0.2, 0) is 0 Å². The summed E-state index contributed by atoms with van der Waals surface area (Å²) in [6.45, 7) is 5.84. The second-order valence-corrected chi connectivity index (χ2v) is 5.14. The highest BCUT2D eigenvalue weighted by Crippen LogP contribution is 2.21. The fourth-order valence-corrected chi connectivity index (χ4v) is 1.97. The average Bonchev–Trinajstić information content (AvgIpc) is 2.03. The molecule has 0 bridgehead atoms. The molecule has 70 valence electrons. The van der Waals surface area contributed by atoms with E-state index >= 15 is 0 Å². The van der Waals surface area contributed by atoms with Crippen LogP contribution in [0.25, 0.3) is 0 Å². The van der Waals surface area contributed by atoms with Crippen LogP contribution in [-0.4, -0.2) is 5.54 Å². The van der Waals surface area contributed by atoms with E-state index in [0.717, 1.165) is 5.30 Å². The monoisotopic (exact) mass is 195 g/mol. The summed E-state index contributed by atoms with van der Waals surface area (Å²) in [5.41, 5.74) is -0.233. The zero-order valence-electron chi connectivity index (χ0n) is 8.19. The fourth-order valence-electron chi connectivity index (χ4n) is 0.886. The van der Waals surface area contributed by atoms with E-state index in [4.69, 9.17) is 0 Å². The molecule has 0 saturated heterocycles. The molecule has 0 radical (unpaired) electrons. The number of rotatable bonds is 1. The number of benzene rings is 1. The van der Waals surface area contributed by atoms with Crippen LogP contribution in [0.1, 0.15) is 20.8 Å². The van der Waals surface area contributed by atoms with Crippen LogP contribution in [0.4, 0.5) is 0 Å². The summed E-state index contributed by atoms with van der Waals surface area (Å²) in [7, 11) is -1.59. The Balaban J connectivity index is 2.92. The number of hydrogen-bond donors (Lipinski definition) is 0. The van der Waals surface area contributed by atoms with E-state index in [1.807, 2.05) is 51.1 Å². The van der Waals surface area contributed by atoms with Crippen molar-refractivity contribution in [1.29, 1.82) is 0 Å². The zero-order valence-corrected chi connectivity index (χ0v) is 9.08. The summed E-state index contributed by atoms with van der Waals surface area (Å²) in [6, 6.07) is 9.34. The molecule has 0 amide bonds. The molecular weight excluding hydrogens is 181 g/mol. The van der Waals surface area contributed by atoms with Gasteiger partial charge in [0.1, 0.15) is 0 Å². The van der Waals surface area contributed by atoms with Crippen LogP contribution in [0.2, 0.25) is 0 Å². The minimum atomic E-state index is -1.59. The second-order valence-electron chi connectivity index (χ2n) is 3.88. The Morgan fingerprint density at radius 3 is 2.15 bits per heavy atom. The van der Waals surface area contributed by atoms with E-state index in [2.05, 4.69) is 4.74 Å². The molecule has 0 saturated carbocycles. The fraction of sp³-hybridized carbons (Fsp3) is 0.400. The van der Waals surface area contributed by atoms with Crippen molar-refractivity contribution in [3.05, 3.63) is 30.3 Å². The average molecular weight is 195 g/mol. The van der Waals surface area contributed by atoms with E-state index in [-0.39, 0.29) is 5.54 Å². The lowest BCUT2D eigenvalue weighted by atomic mass is 10.1. The van der Waals surface area contributed by atoms with E-state index in [1.54, 1.807) is 0 Å². The van der Waals surface area contributed by atoms with Crippen LogP contribution in [0.5, 0.6) is 0 Å². The number of nitrogens with zero attached hydrogens (tertiary/aromatic N) is 1. The van der Waals surface area contributed by atoms with Gasteiger partial charge >= 0.3 is 0 Å². The molecule has 0 aliphatic carbocycles. The van der Waals surface area contributed by atoms with Crippen molar-refractivity contribution >= 4 is 13.2 Å². The third-order valence-corrected chi connectivity index (χ3v) is 2.89. The van der Waals surface area contributed by atoms with Gasteiger partial charge in [-0.15, -0.1) is 4.74 Å². The molecule has 0 N–H and O–H groups in total. The Kier molecular flexibility index (Phi) is 3.18. The molecule has 1 unspecified atom stereocenters. The summed E-state index contributed by atoms with van der Waals surface area (Å²) in [5, 5.41) is 0.799. The molecule has 1 aromatic rings. The first-order valence-electron chi connectivity index (χ1n) is 4.24. The smallest absolute Gasteiger partial charge is 0.203 e. The van der Waals surface area contributed by atoms with Crippen molar-refractivity contribution in [3.63, 3.8) is 0 Å². The second kappa shape index (κ2) is 3.99. The lowest BCUT2D eigenvalue weighted by Gasteiger charge is -2.08. The number of hydrogen-bond acceptors (Lipinski definition) is 2. The minimum absolute atomic E-state index is 0.233. The molecule has 1 atom stereocenters. The molecular formula is C10H14NOP. The van der Waals surface area contributed by atoms with Crippen molar-refractivity contribution in [1.82, 2.24) is 0 Å². The van der Waals surface area contributed by atoms with E-state index in [9.17, 15) is 4.89 Å². The van der Waals surface area contributed by atoms with Crippen molar-refractivity contribution in [2.75, 3.05) is 0 Å². The van der Waals surface area contributed by atoms with Crippen LogP contribution >= 0.6 is 7.94 Å². The van der Waals surface area contributed by atoms with Gasteiger partial charge in [-0.2, -0.15) is 0 Å². The van der Waals surface area contributed by atoms with Crippen LogP contribution in [0.3, 0.4) is 0 Å². The summed E-state index contributed by atoms with van der Waals surface area (Å²) in [4.78, 5) is 11.6. The third-order valence-electron chi connectivity index (χ3n) is 1.37. The Bertz CT molecular complexity index is 300. The van der Waals surface area contributed by atoms with Crippen LogP contribution in [0.15, 0.2) is 35.1 Å².